The molecule has 0 radical (unpaired) electrons. The predicted octanol–water partition coefficient (Wildman–Crippen LogP) is 0.672. The van der Waals surface area contributed by atoms with Gasteiger partial charge in [-0.3, -0.25) is 27.7 Å². The van der Waals surface area contributed by atoms with Gasteiger partial charge in [0.1, 0.15) is 9.79 Å². The third-order valence-electron chi connectivity index (χ3n) is 6.40. The fraction of sp³-hybridized carbons (Fsp3) is 0.154. The Kier molecular flexibility index (Phi) is 6.46. The smallest absolute Gasteiger partial charge is 0.277 e. The average Bonchev–Trinajstić information content (AvgIpc) is 3.31. The molecule has 0 saturated carbocycles. The number of aromatic nitrogens is 2. The molecule has 0 N–H and O–H groups in total. The zero-order chi connectivity index (χ0) is 29.0. The van der Waals surface area contributed by atoms with Crippen LogP contribution in [0.25, 0.3) is 21.5 Å². The third kappa shape index (κ3) is 4.40. The van der Waals surface area contributed by atoms with E-state index in [4.69, 9.17) is 8.57 Å². The highest BCUT2D eigenvalue weighted by Crippen LogP contribution is 2.17. The van der Waals surface area contributed by atoms with Crippen molar-refractivity contribution in [2.24, 2.45) is 0 Å². The van der Waals surface area contributed by atoms with Crippen LogP contribution >= 0.6 is 0 Å². The van der Waals surface area contributed by atoms with Crippen LogP contribution in [0.2, 0.25) is 0 Å². The summed E-state index contributed by atoms with van der Waals surface area (Å²) in [4.78, 5) is 51.1. The summed E-state index contributed by atoms with van der Waals surface area (Å²) in [6.07, 6.45) is 1.31. The van der Waals surface area contributed by atoms with Crippen molar-refractivity contribution >= 4 is 41.8 Å². The second-order valence-corrected chi connectivity index (χ2v) is 11.9. The Balaban J connectivity index is 1.57. The second kappa shape index (κ2) is 9.57. The lowest BCUT2D eigenvalue weighted by atomic mass is 10.1. The van der Waals surface area contributed by atoms with Crippen LogP contribution in [0.3, 0.4) is 0 Å². The van der Waals surface area contributed by atoms with Crippen LogP contribution in [0.1, 0.15) is 25.0 Å². The van der Waals surface area contributed by atoms with E-state index in [-0.39, 0.29) is 19.3 Å². The van der Waals surface area contributed by atoms with E-state index in [0.29, 0.717) is 12.8 Å². The van der Waals surface area contributed by atoms with Gasteiger partial charge in [0.15, 0.2) is 0 Å². The van der Waals surface area contributed by atoms with Crippen molar-refractivity contribution in [1.29, 1.82) is 0 Å². The molecule has 0 unspecified atom stereocenters. The number of rotatable bonds is 8. The van der Waals surface area contributed by atoms with E-state index in [1.54, 1.807) is 24.3 Å². The largest absolute Gasteiger partial charge is 0.357 e. The normalized spacial score (nSPS) is 12.2. The van der Waals surface area contributed by atoms with Crippen molar-refractivity contribution in [1.82, 2.24) is 9.46 Å². The van der Waals surface area contributed by atoms with Crippen LogP contribution < -0.4 is 30.8 Å². The van der Waals surface area contributed by atoms with Crippen molar-refractivity contribution in [3.8, 4) is 0 Å². The summed E-state index contributed by atoms with van der Waals surface area (Å²) in [5.74, 6) is 0. The fourth-order valence-corrected chi connectivity index (χ4v) is 5.91. The second-order valence-electron chi connectivity index (χ2n) is 8.81. The standard InChI is InChI=1S/C26H20N2O10S2/c1-3-15-5-9-17(10-6-15)39(33,34)37-27-23(29)19-13-21-22(14-20(19)24(27)30)26(32)28(25(21)31)38-40(35,36)18-11-7-16(4-2)8-12-18/h5-14H,3-4H2,1-2H3. The van der Waals surface area contributed by atoms with Crippen molar-refractivity contribution in [2.75, 3.05) is 0 Å². The van der Waals surface area contributed by atoms with Crippen molar-refractivity contribution < 1.29 is 25.4 Å². The van der Waals surface area contributed by atoms with E-state index in [9.17, 15) is 36.0 Å². The highest BCUT2D eigenvalue weighted by atomic mass is 32.2. The van der Waals surface area contributed by atoms with Crippen LogP contribution in [0.4, 0.5) is 0 Å². The average molecular weight is 585 g/mol. The molecule has 206 valence electrons. The van der Waals surface area contributed by atoms with Gasteiger partial charge >= 0.3 is 20.2 Å². The van der Waals surface area contributed by atoms with E-state index in [1.165, 1.54) is 24.3 Å². The number of hydrogen-bond acceptors (Lipinski definition) is 10. The Hall–Kier alpha value is -4.56. The lowest BCUT2D eigenvalue weighted by Crippen LogP contribution is -2.36. The minimum absolute atomic E-state index is 0.0243. The molecule has 5 aromatic rings. The van der Waals surface area contributed by atoms with Crippen LogP contribution in [-0.2, 0) is 33.1 Å². The molecular formula is C26H20N2O10S2. The van der Waals surface area contributed by atoms with Gasteiger partial charge in [0.2, 0.25) is 0 Å². The van der Waals surface area contributed by atoms with Gasteiger partial charge in [-0.1, -0.05) is 47.6 Å². The highest BCUT2D eigenvalue weighted by Gasteiger charge is 2.27. The molecule has 0 spiro atoms. The first-order valence-electron chi connectivity index (χ1n) is 11.9. The summed E-state index contributed by atoms with van der Waals surface area (Å²) in [7, 11) is -9.18. The maximum absolute atomic E-state index is 12.9. The van der Waals surface area contributed by atoms with E-state index >= 15 is 0 Å². The molecule has 0 amide bonds. The SMILES string of the molecule is CCc1ccc(S(=O)(=O)On2c(=O)c3cc4c(=O)n(OS(=O)(=O)c5ccc(CC)cc5)c(=O)c4cc3c2=O)cc1. The molecule has 40 heavy (non-hydrogen) atoms. The van der Waals surface area contributed by atoms with Gasteiger partial charge in [-0.15, -0.1) is 0 Å². The molecule has 2 heterocycles. The third-order valence-corrected chi connectivity index (χ3v) is 8.79. The topological polar surface area (TPSA) is 165 Å². The molecule has 0 saturated heterocycles. The first-order valence-corrected chi connectivity index (χ1v) is 14.7. The van der Waals surface area contributed by atoms with Crippen LogP contribution in [0.5, 0.6) is 0 Å². The minimum Gasteiger partial charge on any atom is -0.277 e. The number of hydrogen-bond donors (Lipinski definition) is 0. The minimum atomic E-state index is -4.59. The summed E-state index contributed by atoms with van der Waals surface area (Å²) in [6, 6.07) is 13.0. The molecule has 3 aromatic carbocycles. The van der Waals surface area contributed by atoms with Gasteiger partial charge in [0.05, 0.1) is 21.5 Å². The fourth-order valence-electron chi connectivity index (χ4n) is 4.13. The number of benzene rings is 3. The van der Waals surface area contributed by atoms with E-state index < -0.39 is 64.0 Å². The Labute approximate surface area is 226 Å². The molecule has 2 aromatic heterocycles. The van der Waals surface area contributed by atoms with Gasteiger partial charge in [-0.25, -0.2) is 0 Å². The molecule has 0 fully saturated rings. The maximum atomic E-state index is 12.9. The molecule has 0 atom stereocenters. The number of fused-ring (bicyclic) bond motifs is 2. The molecule has 0 aliphatic rings. The van der Waals surface area contributed by atoms with Gasteiger partial charge in [0.25, 0.3) is 22.2 Å². The molecule has 5 rings (SSSR count). The molecule has 12 nitrogen and oxygen atoms in total. The monoisotopic (exact) mass is 584 g/mol. The van der Waals surface area contributed by atoms with Gasteiger partial charge < -0.3 is 0 Å². The molecule has 14 heteroatoms. The number of aryl methyl sites for hydroxylation is 2. The predicted molar refractivity (Wildman–Crippen MR) is 144 cm³/mol. The van der Waals surface area contributed by atoms with E-state index in [0.717, 1.165) is 23.3 Å². The first kappa shape index (κ1) is 27.0. The number of nitrogens with zero attached hydrogens (tertiary/aromatic N) is 2. The van der Waals surface area contributed by atoms with Crippen LogP contribution in [-0.4, -0.2) is 26.3 Å². The summed E-state index contributed by atoms with van der Waals surface area (Å²) in [5.41, 5.74) is -3.08. The molecule has 0 aliphatic carbocycles. The zero-order valence-corrected chi connectivity index (χ0v) is 22.6. The Morgan fingerprint density at radius 2 is 0.800 bits per heavy atom. The Morgan fingerprint density at radius 3 is 1.05 bits per heavy atom. The first-order chi connectivity index (χ1) is 18.9. The summed E-state index contributed by atoms with van der Waals surface area (Å²) < 4.78 is 60.5. The lowest BCUT2D eigenvalue weighted by Gasteiger charge is -2.06. The molecule has 0 bridgehead atoms. The quantitative estimate of drug-likeness (QED) is 0.253. The maximum Gasteiger partial charge on any atom is 0.357 e. The lowest BCUT2D eigenvalue weighted by molar-refractivity contribution is 0.263. The van der Waals surface area contributed by atoms with E-state index in [2.05, 4.69) is 0 Å². The van der Waals surface area contributed by atoms with Crippen molar-refractivity contribution in [3.63, 3.8) is 0 Å². The van der Waals surface area contributed by atoms with E-state index in [1.807, 2.05) is 13.8 Å². The van der Waals surface area contributed by atoms with Crippen LogP contribution in [0.15, 0.2) is 89.6 Å². The molecular weight excluding hydrogens is 564 g/mol. The Morgan fingerprint density at radius 1 is 0.525 bits per heavy atom. The highest BCUT2D eigenvalue weighted by molar-refractivity contribution is 7.87. The van der Waals surface area contributed by atoms with Crippen molar-refractivity contribution in [2.45, 2.75) is 36.5 Å². The van der Waals surface area contributed by atoms with Gasteiger partial charge in [-0.05, 0) is 60.4 Å². The van der Waals surface area contributed by atoms with Crippen LogP contribution in [0, 0.1) is 0 Å². The molecule has 0 aliphatic heterocycles. The van der Waals surface area contributed by atoms with Gasteiger partial charge in [0, 0.05) is 0 Å². The van der Waals surface area contributed by atoms with Crippen molar-refractivity contribution in [3.05, 3.63) is 113 Å². The Bertz CT molecular complexity index is 1990. The van der Waals surface area contributed by atoms with Gasteiger partial charge in [-0.2, -0.15) is 16.8 Å². The zero-order valence-electron chi connectivity index (χ0n) is 21.0. The summed E-state index contributed by atoms with van der Waals surface area (Å²) in [6.45, 7) is 3.75. The summed E-state index contributed by atoms with van der Waals surface area (Å²) in [5, 5.41) is -1.66. The summed E-state index contributed by atoms with van der Waals surface area (Å²) >= 11 is 0.